The summed E-state index contributed by atoms with van der Waals surface area (Å²) in [4.78, 5) is 31.7. The molecule has 0 aliphatic heterocycles. The Morgan fingerprint density at radius 2 is 1.59 bits per heavy atom. The van der Waals surface area contributed by atoms with E-state index in [0.29, 0.717) is 5.56 Å². The average molecular weight is 424 g/mol. The molecule has 4 aromatic rings. The fraction of sp³-hybridized carbons (Fsp3) is 0.148. The highest BCUT2D eigenvalue weighted by Crippen LogP contribution is 2.26. The van der Waals surface area contributed by atoms with E-state index in [1.165, 1.54) is 0 Å². The minimum atomic E-state index is -0.291. The van der Waals surface area contributed by atoms with Crippen molar-refractivity contribution in [3.05, 3.63) is 114 Å². The number of nitrogens with zero attached hydrogens (tertiary/aromatic N) is 2. The maximum atomic E-state index is 13.0. The zero-order chi connectivity index (χ0) is 22.3. The molecule has 0 spiro atoms. The third kappa shape index (κ3) is 4.83. The van der Waals surface area contributed by atoms with Gasteiger partial charge in [0.15, 0.2) is 0 Å². The number of rotatable bonds is 7. The van der Waals surface area contributed by atoms with Crippen molar-refractivity contribution >= 4 is 22.6 Å². The van der Waals surface area contributed by atoms with E-state index >= 15 is 0 Å². The van der Waals surface area contributed by atoms with Gasteiger partial charge in [0.2, 0.25) is 5.91 Å². The van der Waals surface area contributed by atoms with Gasteiger partial charge in [-0.1, -0.05) is 66.7 Å². The standard InChI is InChI=1S/C27H25N3O2/c1-30(26(21-10-3-2-4-11-21)24-13-7-8-17-28-24)25(31)16-18-29-27(32)23-15-14-20-9-5-6-12-22(20)19-23/h2-15,17,19,26H,16,18H2,1H3,(H,29,32). The van der Waals surface area contributed by atoms with Crippen molar-refractivity contribution in [1.29, 1.82) is 0 Å². The summed E-state index contributed by atoms with van der Waals surface area (Å²) in [5.41, 5.74) is 2.37. The first-order chi connectivity index (χ1) is 15.6. The highest BCUT2D eigenvalue weighted by Gasteiger charge is 2.24. The molecule has 1 heterocycles. The van der Waals surface area contributed by atoms with Gasteiger partial charge in [0.1, 0.15) is 0 Å². The van der Waals surface area contributed by atoms with E-state index in [2.05, 4.69) is 10.3 Å². The van der Waals surface area contributed by atoms with Crippen molar-refractivity contribution in [2.45, 2.75) is 12.5 Å². The van der Waals surface area contributed by atoms with Gasteiger partial charge < -0.3 is 10.2 Å². The third-order valence-electron chi connectivity index (χ3n) is 5.50. The normalized spacial score (nSPS) is 11.7. The fourth-order valence-corrected chi connectivity index (χ4v) is 3.80. The van der Waals surface area contributed by atoms with E-state index in [9.17, 15) is 9.59 Å². The van der Waals surface area contributed by atoms with E-state index in [1.807, 2.05) is 84.9 Å². The number of hydrogen-bond acceptors (Lipinski definition) is 3. The van der Waals surface area contributed by atoms with Crippen molar-refractivity contribution in [1.82, 2.24) is 15.2 Å². The van der Waals surface area contributed by atoms with Gasteiger partial charge >= 0.3 is 0 Å². The van der Waals surface area contributed by atoms with Gasteiger partial charge in [-0.3, -0.25) is 14.6 Å². The van der Waals surface area contributed by atoms with E-state index in [-0.39, 0.29) is 30.8 Å². The average Bonchev–Trinajstić information content (AvgIpc) is 2.85. The maximum absolute atomic E-state index is 13.0. The SMILES string of the molecule is CN(C(=O)CCNC(=O)c1ccc2ccccc2c1)C(c1ccccc1)c1ccccn1. The first-order valence-electron chi connectivity index (χ1n) is 10.6. The Labute approximate surface area is 187 Å². The predicted molar refractivity (Wildman–Crippen MR) is 126 cm³/mol. The van der Waals surface area contributed by atoms with Crippen LogP contribution in [0.5, 0.6) is 0 Å². The van der Waals surface area contributed by atoms with Crippen LogP contribution in [-0.4, -0.2) is 35.3 Å². The van der Waals surface area contributed by atoms with Crippen LogP contribution in [0.2, 0.25) is 0 Å². The lowest BCUT2D eigenvalue weighted by molar-refractivity contribution is -0.131. The molecule has 0 aliphatic carbocycles. The maximum Gasteiger partial charge on any atom is 0.251 e. The summed E-state index contributed by atoms with van der Waals surface area (Å²) < 4.78 is 0. The molecule has 32 heavy (non-hydrogen) atoms. The van der Waals surface area contributed by atoms with Gasteiger partial charge in [-0.15, -0.1) is 0 Å². The van der Waals surface area contributed by atoms with Gasteiger partial charge in [0.25, 0.3) is 5.91 Å². The smallest absolute Gasteiger partial charge is 0.251 e. The summed E-state index contributed by atoms with van der Waals surface area (Å²) in [7, 11) is 1.78. The molecule has 2 amide bonds. The zero-order valence-electron chi connectivity index (χ0n) is 17.9. The number of fused-ring (bicyclic) bond motifs is 1. The summed E-state index contributed by atoms with van der Waals surface area (Å²) in [6, 6.07) is 28.7. The number of benzene rings is 3. The topological polar surface area (TPSA) is 62.3 Å². The fourth-order valence-electron chi connectivity index (χ4n) is 3.80. The molecule has 1 aromatic heterocycles. The summed E-state index contributed by atoms with van der Waals surface area (Å²) >= 11 is 0. The second-order valence-corrected chi connectivity index (χ2v) is 7.64. The van der Waals surface area contributed by atoms with Gasteiger partial charge in [0.05, 0.1) is 11.7 Å². The third-order valence-corrected chi connectivity index (χ3v) is 5.50. The Balaban J connectivity index is 1.41. The molecule has 160 valence electrons. The minimum absolute atomic E-state index is 0.0664. The summed E-state index contributed by atoms with van der Waals surface area (Å²) in [6.45, 7) is 0.262. The Kier molecular flexibility index (Phi) is 6.56. The van der Waals surface area contributed by atoms with Crippen molar-refractivity contribution in [3.63, 3.8) is 0 Å². The highest BCUT2D eigenvalue weighted by atomic mass is 16.2. The number of nitrogens with one attached hydrogen (secondary N) is 1. The van der Waals surface area contributed by atoms with Crippen LogP contribution in [0.3, 0.4) is 0 Å². The first kappa shape index (κ1) is 21.2. The second kappa shape index (κ2) is 9.88. The number of amides is 2. The quantitative estimate of drug-likeness (QED) is 0.472. The van der Waals surface area contributed by atoms with Crippen molar-refractivity contribution in [2.75, 3.05) is 13.6 Å². The Morgan fingerprint density at radius 1 is 0.875 bits per heavy atom. The minimum Gasteiger partial charge on any atom is -0.352 e. The van der Waals surface area contributed by atoms with E-state index in [1.54, 1.807) is 24.2 Å². The van der Waals surface area contributed by atoms with Crippen molar-refractivity contribution < 1.29 is 9.59 Å². The molecular weight excluding hydrogens is 398 g/mol. The highest BCUT2D eigenvalue weighted by molar-refractivity contribution is 5.98. The number of carbonyl (C=O) groups is 2. The monoisotopic (exact) mass is 423 g/mol. The van der Waals surface area contributed by atoms with Crippen molar-refractivity contribution in [3.8, 4) is 0 Å². The number of pyridine rings is 1. The summed E-state index contributed by atoms with van der Waals surface area (Å²) in [5, 5.41) is 4.96. The number of aromatic nitrogens is 1. The van der Waals surface area contributed by atoms with Crippen LogP contribution >= 0.6 is 0 Å². The van der Waals surface area contributed by atoms with Crippen LogP contribution in [0.25, 0.3) is 10.8 Å². The molecule has 0 saturated heterocycles. The molecule has 0 radical (unpaired) electrons. The molecule has 5 nitrogen and oxygen atoms in total. The van der Waals surface area contributed by atoms with Gasteiger partial charge in [-0.2, -0.15) is 0 Å². The first-order valence-corrected chi connectivity index (χ1v) is 10.6. The largest absolute Gasteiger partial charge is 0.352 e. The molecule has 1 atom stereocenters. The van der Waals surface area contributed by atoms with E-state index in [0.717, 1.165) is 22.0 Å². The molecule has 0 aliphatic rings. The summed E-state index contributed by atoms with van der Waals surface area (Å²) in [5.74, 6) is -0.251. The lowest BCUT2D eigenvalue weighted by Gasteiger charge is -2.28. The molecule has 0 fully saturated rings. The van der Waals surface area contributed by atoms with E-state index < -0.39 is 0 Å². The Bertz CT molecular complexity index is 1170. The molecular formula is C27H25N3O2. The number of carbonyl (C=O) groups excluding carboxylic acids is 2. The molecule has 3 aromatic carbocycles. The number of hydrogen-bond donors (Lipinski definition) is 1. The van der Waals surface area contributed by atoms with Crippen molar-refractivity contribution in [2.24, 2.45) is 0 Å². The van der Waals surface area contributed by atoms with Gasteiger partial charge in [-0.05, 0) is 40.6 Å². The predicted octanol–water partition coefficient (Wildman–Crippen LogP) is 4.60. The lowest BCUT2D eigenvalue weighted by Crippen LogP contribution is -2.35. The Morgan fingerprint density at radius 3 is 2.34 bits per heavy atom. The molecule has 1 N–H and O–H groups in total. The molecule has 0 saturated carbocycles. The molecule has 4 rings (SSSR count). The Hall–Kier alpha value is -3.99. The lowest BCUT2D eigenvalue weighted by atomic mass is 10.0. The van der Waals surface area contributed by atoms with Crippen LogP contribution in [0.4, 0.5) is 0 Å². The van der Waals surface area contributed by atoms with Crippen LogP contribution in [-0.2, 0) is 4.79 Å². The molecule has 1 unspecified atom stereocenters. The second-order valence-electron chi connectivity index (χ2n) is 7.64. The molecule has 0 bridgehead atoms. The van der Waals surface area contributed by atoms with Gasteiger partial charge in [0, 0.05) is 31.8 Å². The van der Waals surface area contributed by atoms with Crippen LogP contribution in [0.1, 0.15) is 34.1 Å². The van der Waals surface area contributed by atoms with Crippen LogP contribution < -0.4 is 5.32 Å². The van der Waals surface area contributed by atoms with Gasteiger partial charge in [-0.25, -0.2) is 0 Å². The van der Waals surface area contributed by atoms with E-state index in [4.69, 9.17) is 0 Å². The zero-order valence-corrected chi connectivity index (χ0v) is 17.9. The molecule has 5 heteroatoms. The summed E-state index contributed by atoms with van der Waals surface area (Å²) in [6.07, 6.45) is 1.93. The van der Waals surface area contributed by atoms with Crippen LogP contribution in [0.15, 0.2) is 97.2 Å². The van der Waals surface area contributed by atoms with Crippen LogP contribution in [0, 0.1) is 0 Å².